The molecule has 2 heteroatoms. The van der Waals surface area contributed by atoms with Crippen molar-refractivity contribution in [3.05, 3.63) is 12.2 Å². The van der Waals surface area contributed by atoms with Crippen LogP contribution in [0.4, 0.5) is 0 Å². The normalized spacial score (nSPS) is 12.7. The molecule has 0 radical (unpaired) electrons. The predicted octanol–water partition coefficient (Wildman–Crippen LogP) is 4.48. The van der Waals surface area contributed by atoms with Crippen LogP contribution in [-0.2, 0) is 9.59 Å². The number of unbranched alkanes of at least 4 members (excludes halogenated alkanes) is 7. The molecule has 0 saturated carbocycles. The Morgan fingerprint density at radius 2 is 1.50 bits per heavy atom. The van der Waals surface area contributed by atoms with E-state index < -0.39 is 0 Å². The van der Waals surface area contributed by atoms with Gasteiger partial charge in [0.05, 0.1) is 0 Å². The summed E-state index contributed by atoms with van der Waals surface area (Å²) in [7, 11) is 0. The maximum absolute atomic E-state index is 10.6. The van der Waals surface area contributed by atoms with Crippen LogP contribution in [0.25, 0.3) is 0 Å². The maximum atomic E-state index is 10.6. The van der Waals surface area contributed by atoms with Crippen molar-refractivity contribution in [2.75, 3.05) is 0 Å². The molecule has 0 aromatic heterocycles. The van der Waals surface area contributed by atoms with Crippen LogP contribution in [-0.4, -0.2) is 12.6 Å². The molecule has 0 rings (SSSR count). The molecule has 1 unspecified atom stereocenters. The van der Waals surface area contributed by atoms with Crippen molar-refractivity contribution in [2.24, 2.45) is 5.92 Å². The number of allylic oxidation sites excluding steroid dienone is 2. The summed E-state index contributed by atoms with van der Waals surface area (Å²) in [5.41, 5.74) is 0. The molecule has 0 amide bonds. The molecule has 0 aromatic carbocycles. The Labute approximate surface area is 112 Å². The molecule has 0 aliphatic rings. The van der Waals surface area contributed by atoms with Gasteiger partial charge in [0, 0.05) is 12.3 Å². The summed E-state index contributed by atoms with van der Waals surface area (Å²) in [5.74, 6) is -0.118. The van der Waals surface area contributed by atoms with Gasteiger partial charge in [0.2, 0.25) is 0 Å². The lowest BCUT2D eigenvalue weighted by molar-refractivity contribution is -0.115. The topological polar surface area (TPSA) is 34.1 Å². The Morgan fingerprint density at radius 3 is 2.11 bits per heavy atom. The number of hydrogen-bond acceptors (Lipinski definition) is 2. The zero-order chi connectivity index (χ0) is 13.5. The SMILES string of the molecule is CCCCCCCCCC=CCC(C=O)CC=O. The Bertz CT molecular complexity index is 221. The monoisotopic (exact) mass is 252 g/mol. The van der Waals surface area contributed by atoms with Gasteiger partial charge in [-0.25, -0.2) is 0 Å². The van der Waals surface area contributed by atoms with Crippen molar-refractivity contribution >= 4 is 12.6 Å². The second kappa shape index (κ2) is 14.1. The van der Waals surface area contributed by atoms with Crippen molar-refractivity contribution in [1.29, 1.82) is 0 Å². The molecule has 18 heavy (non-hydrogen) atoms. The largest absolute Gasteiger partial charge is 0.303 e. The Hall–Kier alpha value is -0.920. The Morgan fingerprint density at radius 1 is 0.833 bits per heavy atom. The molecular weight excluding hydrogens is 224 g/mol. The highest BCUT2D eigenvalue weighted by Crippen LogP contribution is 2.09. The van der Waals surface area contributed by atoms with E-state index in [4.69, 9.17) is 0 Å². The summed E-state index contributed by atoms with van der Waals surface area (Å²) >= 11 is 0. The van der Waals surface area contributed by atoms with E-state index in [1.165, 1.54) is 44.9 Å². The standard InChI is InChI=1S/C16H28O2/c1-2-3-4-5-6-7-8-9-10-11-12-16(15-18)13-14-17/h10-11,14-16H,2-9,12-13H2,1H3. The van der Waals surface area contributed by atoms with E-state index in [0.717, 1.165) is 19.0 Å². The first-order valence-electron chi connectivity index (χ1n) is 7.39. The van der Waals surface area contributed by atoms with Gasteiger partial charge in [-0.05, 0) is 19.3 Å². The van der Waals surface area contributed by atoms with Gasteiger partial charge in [-0.3, -0.25) is 0 Å². The number of carbonyl (C=O) groups is 2. The molecule has 0 aromatic rings. The quantitative estimate of drug-likeness (QED) is 0.275. The van der Waals surface area contributed by atoms with E-state index >= 15 is 0 Å². The van der Waals surface area contributed by atoms with E-state index in [2.05, 4.69) is 13.0 Å². The molecule has 104 valence electrons. The lowest BCUT2D eigenvalue weighted by atomic mass is 10.0. The minimum absolute atomic E-state index is 0.118. The van der Waals surface area contributed by atoms with Gasteiger partial charge < -0.3 is 9.59 Å². The molecule has 2 nitrogen and oxygen atoms in total. The van der Waals surface area contributed by atoms with Crippen LogP contribution in [0, 0.1) is 5.92 Å². The number of aldehydes is 2. The first kappa shape index (κ1) is 17.1. The highest BCUT2D eigenvalue weighted by atomic mass is 16.1. The second-order valence-corrected chi connectivity index (χ2v) is 4.92. The summed E-state index contributed by atoms with van der Waals surface area (Å²) in [6.45, 7) is 2.24. The van der Waals surface area contributed by atoms with E-state index in [9.17, 15) is 9.59 Å². The molecule has 0 fully saturated rings. The fraction of sp³-hybridized carbons (Fsp3) is 0.750. The maximum Gasteiger partial charge on any atom is 0.123 e. The molecule has 0 heterocycles. The van der Waals surface area contributed by atoms with Crippen molar-refractivity contribution < 1.29 is 9.59 Å². The molecule has 0 N–H and O–H groups in total. The first-order valence-corrected chi connectivity index (χ1v) is 7.39. The zero-order valence-corrected chi connectivity index (χ0v) is 11.8. The smallest absolute Gasteiger partial charge is 0.123 e. The summed E-state index contributed by atoms with van der Waals surface area (Å²) in [4.78, 5) is 20.9. The third-order valence-corrected chi connectivity index (χ3v) is 3.17. The molecule has 0 aliphatic heterocycles. The fourth-order valence-electron chi connectivity index (χ4n) is 1.94. The molecule has 1 atom stereocenters. The van der Waals surface area contributed by atoms with Gasteiger partial charge in [0.25, 0.3) is 0 Å². The lowest BCUT2D eigenvalue weighted by Gasteiger charge is -2.01. The van der Waals surface area contributed by atoms with E-state index in [-0.39, 0.29) is 5.92 Å². The van der Waals surface area contributed by atoms with Crippen LogP contribution in [0.3, 0.4) is 0 Å². The lowest BCUT2D eigenvalue weighted by Crippen LogP contribution is -2.00. The van der Waals surface area contributed by atoms with Gasteiger partial charge in [-0.1, -0.05) is 57.6 Å². The average molecular weight is 252 g/mol. The fourth-order valence-corrected chi connectivity index (χ4v) is 1.94. The third kappa shape index (κ3) is 11.6. The van der Waals surface area contributed by atoms with Crippen molar-refractivity contribution in [3.8, 4) is 0 Å². The Balaban J connectivity index is 3.31. The van der Waals surface area contributed by atoms with Gasteiger partial charge in [-0.2, -0.15) is 0 Å². The van der Waals surface area contributed by atoms with Gasteiger partial charge in [0.1, 0.15) is 12.6 Å². The highest BCUT2D eigenvalue weighted by molar-refractivity contribution is 5.62. The van der Waals surface area contributed by atoms with Crippen molar-refractivity contribution in [2.45, 2.75) is 71.1 Å². The highest BCUT2D eigenvalue weighted by Gasteiger charge is 2.02. The average Bonchev–Trinajstić information content (AvgIpc) is 2.39. The number of rotatable bonds is 13. The predicted molar refractivity (Wildman–Crippen MR) is 76.6 cm³/mol. The molecule has 0 saturated heterocycles. The number of carbonyl (C=O) groups excluding carboxylic acids is 2. The summed E-state index contributed by atoms with van der Waals surface area (Å²) in [5, 5.41) is 0. The Kier molecular flexibility index (Phi) is 13.4. The summed E-state index contributed by atoms with van der Waals surface area (Å²) in [6.07, 6.45) is 17.3. The van der Waals surface area contributed by atoms with Crippen LogP contribution in [0.2, 0.25) is 0 Å². The van der Waals surface area contributed by atoms with E-state index in [1.54, 1.807) is 0 Å². The number of hydrogen-bond donors (Lipinski definition) is 0. The van der Waals surface area contributed by atoms with Crippen LogP contribution in [0.5, 0.6) is 0 Å². The van der Waals surface area contributed by atoms with Crippen LogP contribution in [0.1, 0.15) is 71.1 Å². The molecule has 0 aliphatic carbocycles. The van der Waals surface area contributed by atoms with E-state index in [0.29, 0.717) is 12.8 Å². The molecule has 0 spiro atoms. The molecular formula is C16H28O2. The summed E-state index contributed by atoms with van der Waals surface area (Å²) < 4.78 is 0. The molecule has 0 bridgehead atoms. The van der Waals surface area contributed by atoms with Gasteiger partial charge >= 0.3 is 0 Å². The third-order valence-electron chi connectivity index (χ3n) is 3.17. The first-order chi connectivity index (χ1) is 8.85. The second-order valence-electron chi connectivity index (χ2n) is 4.92. The van der Waals surface area contributed by atoms with Crippen LogP contribution >= 0.6 is 0 Å². The zero-order valence-electron chi connectivity index (χ0n) is 11.8. The minimum atomic E-state index is -0.118. The minimum Gasteiger partial charge on any atom is -0.303 e. The van der Waals surface area contributed by atoms with Crippen molar-refractivity contribution in [1.82, 2.24) is 0 Å². The summed E-state index contributed by atoms with van der Waals surface area (Å²) in [6, 6.07) is 0. The van der Waals surface area contributed by atoms with Crippen LogP contribution in [0.15, 0.2) is 12.2 Å². The van der Waals surface area contributed by atoms with Crippen molar-refractivity contribution in [3.63, 3.8) is 0 Å². The van der Waals surface area contributed by atoms with Gasteiger partial charge in [-0.15, -0.1) is 0 Å². The van der Waals surface area contributed by atoms with E-state index in [1.807, 2.05) is 6.08 Å². The van der Waals surface area contributed by atoms with Gasteiger partial charge in [0.15, 0.2) is 0 Å². The van der Waals surface area contributed by atoms with Crippen LogP contribution < -0.4 is 0 Å².